The van der Waals surface area contributed by atoms with Crippen LogP contribution in [-0.4, -0.2) is 0 Å². The van der Waals surface area contributed by atoms with Crippen LogP contribution in [0.4, 0.5) is 17.1 Å². The van der Waals surface area contributed by atoms with Gasteiger partial charge >= 0.3 is 0 Å². The van der Waals surface area contributed by atoms with Crippen LogP contribution in [0.5, 0.6) is 0 Å². The Morgan fingerprint density at radius 3 is 1.53 bits per heavy atom. The number of benzene rings is 9. The highest BCUT2D eigenvalue weighted by Gasteiger charge is 2.24. The molecular formula is C54H35NOS. The molecular weight excluding hydrogens is 711 g/mol. The molecule has 0 aliphatic rings. The third-order valence-electron chi connectivity index (χ3n) is 11.1. The van der Waals surface area contributed by atoms with Gasteiger partial charge in [0.2, 0.25) is 0 Å². The molecule has 268 valence electrons. The monoisotopic (exact) mass is 745 g/mol. The van der Waals surface area contributed by atoms with Crippen molar-refractivity contribution in [1.29, 1.82) is 0 Å². The molecule has 11 rings (SSSR count). The second-order valence-corrected chi connectivity index (χ2v) is 15.4. The molecule has 0 bridgehead atoms. The van der Waals surface area contributed by atoms with Crippen molar-refractivity contribution < 1.29 is 4.42 Å². The number of anilines is 3. The zero-order valence-corrected chi connectivity index (χ0v) is 31.8. The van der Waals surface area contributed by atoms with Gasteiger partial charge in [-0.25, -0.2) is 0 Å². The average Bonchev–Trinajstić information content (AvgIpc) is 3.88. The first-order valence-electron chi connectivity index (χ1n) is 19.3. The lowest BCUT2D eigenvalue weighted by molar-refractivity contribution is 0.669. The molecule has 57 heavy (non-hydrogen) atoms. The zero-order valence-electron chi connectivity index (χ0n) is 31.0. The maximum absolute atomic E-state index is 6.49. The highest BCUT2D eigenvalue weighted by molar-refractivity contribution is 7.27. The minimum atomic E-state index is 0.869. The average molecular weight is 746 g/mol. The first-order valence-corrected chi connectivity index (χ1v) is 20.2. The van der Waals surface area contributed by atoms with E-state index in [0.29, 0.717) is 0 Å². The molecule has 0 radical (unpaired) electrons. The summed E-state index contributed by atoms with van der Waals surface area (Å²) in [7, 11) is 0. The summed E-state index contributed by atoms with van der Waals surface area (Å²) in [5, 5.41) is 4.72. The van der Waals surface area contributed by atoms with Crippen LogP contribution < -0.4 is 4.90 Å². The zero-order chi connectivity index (χ0) is 37.7. The van der Waals surface area contributed by atoms with Crippen molar-refractivity contribution in [3.63, 3.8) is 0 Å². The highest BCUT2D eigenvalue weighted by atomic mass is 32.1. The Bertz CT molecular complexity index is 3200. The minimum Gasteiger partial charge on any atom is -0.456 e. The molecule has 0 aliphatic heterocycles. The van der Waals surface area contributed by atoms with Crippen LogP contribution in [0.3, 0.4) is 0 Å². The van der Waals surface area contributed by atoms with Gasteiger partial charge in [-0.1, -0.05) is 176 Å². The summed E-state index contributed by atoms with van der Waals surface area (Å²) < 4.78 is 9.00. The molecule has 0 saturated carbocycles. The molecule has 0 saturated heterocycles. The lowest BCUT2D eigenvalue weighted by Crippen LogP contribution is -2.10. The summed E-state index contributed by atoms with van der Waals surface area (Å²) in [4.78, 5) is 2.45. The fraction of sp³-hybridized carbons (Fsp3) is 0. The van der Waals surface area contributed by atoms with E-state index < -0.39 is 0 Å². The highest BCUT2D eigenvalue weighted by Crippen LogP contribution is 2.51. The number of hydrogen-bond donors (Lipinski definition) is 0. The fourth-order valence-corrected chi connectivity index (χ4v) is 9.77. The van der Waals surface area contributed by atoms with E-state index in [-0.39, 0.29) is 0 Å². The molecule has 0 aliphatic carbocycles. The molecule has 0 spiro atoms. The van der Waals surface area contributed by atoms with Crippen molar-refractivity contribution in [3.05, 3.63) is 212 Å². The first kappa shape index (κ1) is 33.2. The number of thiophene rings is 1. The van der Waals surface area contributed by atoms with E-state index >= 15 is 0 Å². The van der Waals surface area contributed by atoms with Gasteiger partial charge in [-0.3, -0.25) is 0 Å². The largest absolute Gasteiger partial charge is 0.456 e. The van der Waals surface area contributed by atoms with Crippen molar-refractivity contribution in [2.45, 2.75) is 0 Å². The SMILES string of the molecule is c1ccc(-c2ccc(-c3ccc(N(c4ccc(-c5ccccc5)c5c4sc4c(-c6ccccc6)cccc45)c4cccc5oc6ccccc6c45)cc3)cc2)cc1. The van der Waals surface area contributed by atoms with Gasteiger partial charge in [-0.2, -0.15) is 0 Å². The lowest BCUT2D eigenvalue weighted by Gasteiger charge is -2.27. The summed E-state index contributed by atoms with van der Waals surface area (Å²) in [5.41, 5.74) is 14.7. The van der Waals surface area contributed by atoms with E-state index in [1.165, 1.54) is 64.7 Å². The van der Waals surface area contributed by atoms with Crippen LogP contribution in [0.15, 0.2) is 217 Å². The van der Waals surface area contributed by atoms with Gasteiger partial charge in [-0.05, 0) is 80.9 Å². The normalized spacial score (nSPS) is 11.5. The number of rotatable bonds is 7. The number of nitrogens with zero attached hydrogens (tertiary/aromatic N) is 1. The van der Waals surface area contributed by atoms with E-state index in [0.717, 1.165) is 39.0 Å². The Kier molecular flexibility index (Phi) is 8.04. The van der Waals surface area contributed by atoms with E-state index in [4.69, 9.17) is 4.42 Å². The third-order valence-corrected chi connectivity index (χ3v) is 12.4. The van der Waals surface area contributed by atoms with Crippen LogP contribution in [0, 0.1) is 0 Å². The molecule has 0 unspecified atom stereocenters. The first-order chi connectivity index (χ1) is 28.3. The number of fused-ring (bicyclic) bond motifs is 6. The van der Waals surface area contributed by atoms with E-state index in [1.54, 1.807) is 0 Å². The smallest absolute Gasteiger partial charge is 0.137 e. The fourth-order valence-electron chi connectivity index (χ4n) is 8.41. The molecule has 2 heterocycles. The number of hydrogen-bond acceptors (Lipinski definition) is 3. The second-order valence-electron chi connectivity index (χ2n) is 14.4. The van der Waals surface area contributed by atoms with E-state index in [1.807, 2.05) is 17.4 Å². The quantitative estimate of drug-likeness (QED) is 0.162. The van der Waals surface area contributed by atoms with Crippen molar-refractivity contribution in [3.8, 4) is 44.5 Å². The molecule has 0 N–H and O–H groups in total. The maximum Gasteiger partial charge on any atom is 0.137 e. The minimum absolute atomic E-state index is 0.869. The van der Waals surface area contributed by atoms with Crippen molar-refractivity contribution in [2.24, 2.45) is 0 Å². The predicted octanol–water partition coefficient (Wildman–Crippen LogP) is 16.1. The third kappa shape index (κ3) is 5.71. The topological polar surface area (TPSA) is 16.4 Å². The summed E-state index contributed by atoms with van der Waals surface area (Å²) in [6.07, 6.45) is 0. The maximum atomic E-state index is 6.49. The molecule has 3 heteroatoms. The van der Waals surface area contributed by atoms with Gasteiger partial charge < -0.3 is 9.32 Å². The van der Waals surface area contributed by atoms with Gasteiger partial charge in [0.25, 0.3) is 0 Å². The van der Waals surface area contributed by atoms with Crippen LogP contribution in [0.2, 0.25) is 0 Å². The summed E-state index contributed by atoms with van der Waals surface area (Å²) in [6, 6.07) is 76.2. The van der Waals surface area contributed by atoms with Crippen molar-refractivity contribution in [2.75, 3.05) is 4.90 Å². The number of furan rings is 1. The second kappa shape index (κ2) is 13.8. The Hall–Kier alpha value is -7.20. The molecule has 9 aromatic carbocycles. The van der Waals surface area contributed by atoms with Gasteiger partial charge in [0, 0.05) is 26.5 Å². The lowest BCUT2D eigenvalue weighted by atomic mass is 9.96. The van der Waals surface area contributed by atoms with Crippen LogP contribution in [0.1, 0.15) is 0 Å². The molecule has 11 aromatic rings. The van der Waals surface area contributed by atoms with Crippen molar-refractivity contribution in [1.82, 2.24) is 0 Å². The van der Waals surface area contributed by atoms with Gasteiger partial charge in [0.15, 0.2) is 0 Å². The van der Waals surface area contributed by atoms with Gasteiger partial charge in [-0.15, -0.1) is 11.3 Å². The Morgan fingerprint density at radius 2 is 0.842 bits per heavy atom. The Labute approximate surface area is 335 Å². The Morgan fingerprint density at radius 1 is 0.316 bits per heavy atom. The Balaban J connectivity index is 1.15. The summed E-state index contributed by atoms with van der Waals surface area (Å²) >= 11 is 1.88. The molecule has 0 atom stereocenters. The standard InChI is InChI=1S/C54H35NOS/c1-4-14-36(15-5-1)37-26-28-38(29-27-37)39-30-32-42(33-31-39)55(47-23-13-25-50-52(47)45-20-10-11-24-49(45)56-50)48-35-34-43(40-16-6-2-7-17-40)51-46-22-12-21-44(53(46)57-54(48)51)41-18-8-3-9-19-41/h1-35H. The van der Waals surface area contributed by atoms with Crippen molar-refractivity contribution >= 4 is 70.5 Å². The molecule has 0 fully saturated rings. The van der Waals surface area contributed by atoms with Crippen LogP contribution in [0.25, 0.3) is 86.6 Å². The summed E-state index contributed by atoms with van der Waals surface area (Å²) in [5.74, 6) is 0. The predicted molar refractivity (Wildman–Crippen MR) is 243 cm³/mol. The van der Waals surface area contributed by atoms with Gasteiger partial charge in [0.1, 0.15) is 11.2 Å². The number of para-hydroxylation sites is 1. The van der Waals surface area contributed by atoms with Gasteiger partial charge in [0.05, 0.1) is 21.5 Å². The van der Waals surface area contributed by atoms with Crippen LogP contribution >= 0.6 is 11.3 Å². The van der Waals surface area contributed by atoms with Crippen LogP contribution in [-0.2, 0) is 0 Å². The van der Waals surface area contributed by atoms with E-state index in [2.05, 4.69) is 211 Å². The summed E-state index contributed by atoms with van der Waals surface area (Å²) in [6.45, 7) is 0. The molecule has 0 amide bonds. The molecule has 2 aromatic heterocycles. The van der Waals surface area contributed by atoms with E-state index in [9.17, 15) is 0 Å². The molecule has 2 nitrogen and oxygen atoms in total.